The molecule has 74 valence electrons. The Morgan fingerprint density at radius 2 is 2.23 bits per heavy atom. The van der Waals surface area contributed by atoms with E-state index in [9.17, 15) is 4.79 Å². The maximum atomic E-state index is 11.2. The van der Waals surface area contributed by atoms with Gasteiger partial charge in [0.1, 0.15) is 0 Å². The molecule has 0 spiro atoms. The Hall–Kier alpha value is -1.09. The molecule has 0 saturated heterocycles. The van der Waals surface area contributed by atoms with E-state index in [-0.39, 0.29) is 17.9 Å². The summed E-state index contributed by atoms with van der Waals surface area (Å²) in [6, 6.07) is -0.0445. The van der Waals surface area contributed by atoms with Crippen LogP contribution in [0.5, 0.6) is 0 Å². The Labute approximate surface area is 79.3 Å². The summed E-state index contributed by atoms with van der Waals surface area (Å²) in [5, 5.41) is 0. The molecule has 2 N–H and O–H groups in total. The van der Waals surface area contributed by atoms with Gasteiger partial charge in [-0.05, 0) is 13.3 Å². The average Bonchev–Trinajstić information content (AvgIpc) is 2.10. The van der Waals surface area contributed by atoms with Gasteiger partial charge >= 0.3 is 5.97 Å². The summed E-state index contributed by atoms with van der Waals surface area (Å²) in [5.41, 5.74) is 5.51. The summed E-state index contributed by atoms with van der Waals surface area (Å²) in [7, 11) is 1.37. The first-order valence-corrected chi connectivity index (χ1v) is 4.24. The minimum absolute atomic E-state index is 0.0445. The Morgan fingerprint density at radius 1 is 1.62 bits per heavy atom. The minimum atomic E-state index is -0.256. The summed E-state index contributed by atoms with van der Waals surface area (Å²) < 4.78 is 4.62. The number of allylic oxidation sites excluding steroid dienone is 1. The molecule has 0 heterocycles. The van der Waals surface area contributed by atoms with Crippen LogP contribution < -0.4 is 5.73 Å². The Kier molecular flexibility index (Phi) is 5.89. The number of ether oxygens (including phenoxy) is 1. The molecule has 0 saturated carbocycles. The first-order valence-electron chi connectivity index (χ1n) is 4.24. The van der Waals surface area contributed by atoms with E-state index in [0.29, 0.717) is 6.42 Å². The van der Waals surface area contributed by atoms with Crippen LogP contribution in [0.1, 0.15) is 13.3 Å². The lowest BCUT2D eigenvalue weighted by molar-refractivity contribution is -0.143. The zero-order chi connectivity index (χ0) is 10.3. The van der Waals surface area contributed by atoms with Crippen LogP contribution in [0.4, 0.5) is 0 Å². The fourth-order valence-corrected chi connectivity index (χ4v) is 0.894. The molecule has 0 unspecified atom stereocenters. The Bertz CT molecular complexity index is 197. The molecule has 0 aliphatic rings. The van der Waals surface area contributed by atoms with Gasteiger partial charge in [-0.15, -0.1) is 6.58 Å². The summed E-state index contributed by atoms with van der Waals surface area (Å²) in [5.74, 6) is -0.509. The fraction of sp³-hybridized carbons (Fsp3) is 0.500. The highest BCUT2D eigenvalue weighted by atomic mass is 16.5. The van der Waals surface area contributed by atoms with Crippen LogP contribution in [0.3, 0.4) is 0 Å². The molecule has 3 heteroatoms. The molecule has 0 fully saturated rings. The van der Waals surface area contributed by atoms with Crippen LogP contribution in [0, 0.1) is 5.92 Å². The topological polar surface area (TPSA) is 52.3 Å². The Morgan fingerprint density at radius 3 is 2.62 bits per heavy atom. The lowest BCUT2D eigenvalue weighted by Gasteiger charge is -2.07. The van der Waals surface area contributed by atoms with Gasteiger partial charge < -0.3 is 10.5 Å². The van der Waals surface area contributed by atoms with Crippen molar-refractivity contribution < 1.29 is 9.53 Å². The molecular weight excluding hydrogens is 166 g/mol. The van der Waals surface area contributed by atoms with E-state index in [4.69, 9.17) is 5.73 Å². The smallest absolute Gasteiger partial charge is 0.312 e. The molecule has 0 bridgehead atoms. The fourth-order valence-electron chi connectivity index (χ4n) is 0.894. The molecule has 0 radical (unpaired) electrons. The SMILES string of the molecule is C=CC[C@@H](/C=C/[C@@H](C)N)C(=O)OC. The van der Waals surface area contributed by atoms with Crippen molar-refractivity contribution in [2.75, 3.05) is 7.11 Å². The minimum Gasteiger partial charge on any atom is -0.469 e. The van der Waals surface area contributed by atoms with Crippen LogP contribution in [0.15, 0.2) is 24.8 Å². The van der Waals surface area contributed by atoms with Gasteiger partial charge in [-0.3, -0.25) is 4.79 Å². The third kappa shape index (κ3) is 5.20. The van der Waals surface area contributed by atoms with Crippen molar-refractivity contribution in [1.29, 1.82) is 0 Å². The van der Waals surface area contributed by atoms with E-state index in [0.717, 1.165) is 0 Å². The number of hydrogen-bond acceptors (Lipinski definition) is 3. The van der Waals surface area contributed by atoms with Crippen LogP contribution in [0.25, 0.3) is 0 Å². The van der Waals surface area contributed by atoms with Crippen molar-refractivity contribution in [2.45, 2.75) is 19.4 Å². The van der Waals surface area contributed by atoms with Crippen LogP contribution >= 0.6 is 0 Å². The zero-order valence-electron chi connectivity index (χ0n) is 8.19. The van der Waals surface area contributed by atoms with Crippen LogP contribution in [0.2, 0.25) is 0 Å². The van der Waals surface area contributed by atoms with Gasteiger partial charge in [0.2, 0.25) is 0 Å². The van der Waals surface area contributed by atoms with Crippen molar-refractivity contribution >= 4 is 5.97 Å². The monoisotopic (exact) mass is 183 g/mol. The third-order valence-corrected chi connectivity index (χ3v) is 1.57. The average molecular weight is 183 g/mol. The molecule has 0 aromatic heterocycles. The second-order valence-electron chi connectivity index (χ2n) is 2.90. The van der Waals surface area contributed by atoms with Gasteiger partial charge in [0, 0.05) is 6.04 Å². The number of hydrogen-bond donors (Lipinski definition) is 1. The van der Waals surface area contributed by atoms with Crippen molar-refractivity contribution in [3.8, 4) is 0 Å². The highest BCUT2D eigenvalue weighted by Gasteiger charge is 2.13. The second-order valence-corrected chi connectivity index (χ2v) is 2.90. The molecule has 0 aromatic rings. The van der Waals surface area contributed by atoms with Crippen molar-refractivity contribution in [2.24, 2.45) is 11.7 Å². The van der Waals surface area contributed by atoms with Crippen molar-refractivity contribution in [3.05, 3.63) is 24.8 Å². The number of nitrogens with two attached hydrogens (primary N) is 1. The molecule has 13 heavy (non-hydrogen) atoms. The van der Waals surface area contributed by atoms with Crippen LogP contribution in [-0.2, 0) is 9.53 Å². The highest BCUT2D eigenvalue weighted by molar-refractivity contribution is 5.74. The van der Waals surface area contributed by atoms with Gasteiger partial charge in [0.15, 0.2) is 0 Å². The van der Waals surface area contributed by atoms with Crippen LogP contribution in [-0.4, -0.2) is 19.1 Å². The van der Waals surface area contributed by atoms with E-state index >= 15 is 0 Å². The molecule has 0 aliphatic heterocycles. The summed E-state index contributed by atoms with van der Waals surface area (Å²) in [6.45, 7) is 5.42. The van der Waals surface area contributed by atoms with E-state index in [1.165, 1.54) is 7.11 Å². The number of rotatable bonds is 5. The number of carbonyl (C=O) groups excluding carboxylic acids is 1. The number of carbonyl (C=O) groups is 1. The predicted molar refractivity (Wildman–Crippen MR) is 53.1 cm³/mol. The second kappa shape index (κ2) is 6.43. The van der Waals surface area contributed by atoms with E-state index in [1.54, 1.807) is 18.2 Å². The van der Waals surface area contributed by atoms with E-state index in [2.05, 4.69) is 11.3 Å². The lowest BCUT2D eigenvalue weighted by atomic mass is 10.0. The largest absolute Gasteiger partial charge is 0.469 e. The van der Waals surface area contributed by atoms with Crippen molar-refractivity contribution in [3.63, 3.8) is 0 Å². The normalized spacial score (nSPS) is 15.3. The van der Waals surface area contributed by atoms with Gasteiger partial charge in [-0.1, -0.05) is 18.2 Å². The molecule has 0 amide bonds. The predicted octanol–water partition coefficient (Wildman–Crippen LogP) is 1.26. The first kappa shape index (κ1) is 11.9. The first-order chi connectivity index (χ1) is 6.11. The van der Waals surface area contributed by atoms with Gasteiger partial charge in [0.25, 0.3) is 0 Å². The zero-order valence-corrected chi connectivity index (χ0v) is 8.19. The van der Waals surface area contributed by atoms with Crippen molar-refractivity contribution in [1.82, 2.24) is 0 Å². The number of esters is 1. The summed E-state index contributed by atoms with van der Waals surface area (Å²) in [4.78, 5) is 11.2. The molecule has 2 atom stereocenters. The summed E-state index contributed by atoms with van der Waals surface area (Å²) >= 11 is 0. The van der Waals surface area contributed by atoms with Gasteiger partial charge in [0.05, 0.1) is 13.0 Å². The quantitative estimate of drug-likeness (QED) is 0.515. The Balaban J connectivity index is 4.24. The van der Waals surface area contributed by atoms with E-state index < -0.39 is 0 Å². The molecular formula is C10H17NO2. The third-order valence-electron chi connectivity index (χ3n) is 1.57. The lowest BCUT2D eigenvalue weighted by Crippen LogP contribution is -2.16. The van der Waals surface area contributed by atoms with Gasteiger partial charge in [-0.2, -0.15) is 0 Å². The molecule has 0 aliphatic carbocycles. The maximum absolute atomic E-state index is 11.2. The highest BCUT2D eigenvalue weighted by Crippen LogP contribution is 2.08. The van der Waals surface area contributed by atoms with Gasteiger partial charge in [-0.25, -0.2) is 0 Å². The number of methoxy groups -OCH3 is 1. The molecule has 0 aromatic carbocycles. The maximum Gasteiger partial charge on any atom is 0.312 e. The summed E-state index contributed by atoms with van der Waals surface area (Å²) in [6.07, 6.45) is 5.81. The standard InChI is InChI=1S/C10H17NO2/c1-4-5-9(10(12)13-3)7-6-8(2)11/h4,6-9H,1,5,11H2,2-3H3/b7-6+/t8-,9+/m1/s1. The molecule has 3 nitrogen and oxygen atoms in total. The molecule has 0 rings (SSSR count). The van der Waals surface area contributed by atoms with E-state index in [1.807, 2.05) is 6.92 Å².